The molecule has 0 unspecified atom stereocenters. The molecule has 138 valence electrons. The lowest BCUT2D eigenvalue weighted by Crippen LogP contribution is -2.57. The Labute approximate surface area is 150 Å². The van der Waals surface area contributed by atoms with Crippen LogP contribution in [0.5, 0.6) is 0 Å². The molecule has 0 saturated carbocycles. The molecule has 2 amide bonds. The normalized spacial score (nSPS) is 14.5. The third kappa shape index (κ3) is 7.88. The smallest absolute Gasteiger partial charge is 0.326 e. The number of nitrogens with one attached hydrogen (secondary N) is 3. The number of carboxylic acid groups (broad SMARTS) is 2. The number of hydrogen-bond acceptors (Lipinski definition) is 7. The van der Waals surface area contributed by atoms with E-state index in [1.165, 1.54) is 0 Å². The molecule has 11 heteroatoms. The van der Waals surface area contributed by atoms with E-state index in [0.717, 1.165) is 0 Å². The Kier molecular flexibility index (Phi) is 10.5. The Hall–Kier alpha value is -1.46. The summed E-state index contributed by atoms with van der Waals surface area (Å²) in [4.78, 5) is 45.8. The van der Waals surface area contributed by atoms with Crippen molar-refractivity contribution in [1.82, 2.24) is 16.0 Å². The van der Waals surface area contributed by atoms with E-state index in [-0.39, 0.29) is 17.4 Å². The largest absolute Gasteiger partial charge is 0.480 e. The van der Waals surface area contributed by atoms with E-state index in [2.05, 4.69) is 41.2 Å². The summed E-state index contributed by atoms with van der Waals surface area (Å²) in [5.74, 6) is -4.01. The monoisotopic (exact) mass is 381 g/mol. The number of hydrogen-bond donors (Lipinski definition) is 7. The second kappa shape index (κ2) is 11.2. The van der Waals surface area contributed by atoms with Crippen LogP contribution in [0.15, 0.2) is 0 Å². The van der Waals surface area contributed by atoms with Crippen molar-refractivity contribution < 1.29 is 29.4 Å². The Morgan fingerprint density at radius 3 is 1.79 bits per heavy atom. The maximum Gasteiger partial charge on any atom is 0.326 e. The quantitative estimate of drug-likeness (QED) is 0.218. The van der Waals surface area contributed by atoms with Crippen LogP contribution in [0.4, 0.5) is 0 Å². The van der Waals surface area contributed by atoms with Crippen molar-refractivity contribution in [2.45, 2.75) is 32.0 Å². The van der Waals surface area contributed by atoms with Crippen LogP contribution < -0.4 is 16.0 Å². The molecule has 0 aliphatic rings. The minimum Gasteiger partial charge on any atom is -0.480 e. The van der Waals surface area contributed by atoms with Crippen LogP contribution >= 0.6 is 25.3 Å². The van der Waals surface area contributed by atoms with E-state index in [0.29, 0.717) is 0 Å². The Bertz CT molecular complexity index is 475. The topological polar surface area (TPSA) is 145 Å². The first-order valence-electron chi connectivity index (χ1n) is 7.14. The predicted molar refractivity (Wildman–Crippen MR) is 93.5 cm³/mol. The number of carbonyl (C=O) groups is 4. The molecule has 0 fully saturated rings. The Morgan fingerprint density at radius 1 is 0.917 bits per heavy atom. The first kappa shape index (κ1) is 22.5. The summed E-state index contributed by atoms with van der Waals surface area (Å²) in [7, 11) is 0. The standard InChI is InChI=1S/C13H23N3O6S2/c1-6(2)10(13(21)22)16-12(20)8(5-24)15-11(19)7(4-23)14-3-9(17)18/h6-8,10,14,23-24H,3-5H2,1-2H3,(H,15,19)(H,16,20)(H,17,18)(H,21,22)/t7-,8-,10-/m1/s1. The van der Waals surface area contributed by atoms with Crippen molar-refractivity contribution in [3.8, 4) is 0 Å². The molecule has 5 N–H and O–H groups in total. The van der Waals surface area contributed by atoms with E-state index in [9.17, 15) is 19.2 Å². The van der Waals surface area contributed by atoms with Gasteiger partial charge in [0.25, 0.3) is 0 Å². The molecule has 0 aromatic heterocycles. The van der Waals surface area contributed by atoms with Gasteiger partial charge in [-0.25, -0.2) is 4.79 Å². The molecule has 3 atom stereocenters. The van der Waals surface area contributed by atoms with Crippen LogP contribution in [-0.2, 0) is 19.2 Å². The molecule has 0 aliphatic carbocycles. The molecule has 0 spiro atoms. The van der Waals surface area contributed by atoms with Crippen molar-refractivity contribution in [2.75, 3.05) is 18.1 Å². The van der Waals surface area contributed by atoms with Gasteiger partial charge in [0, 0.05) is 11.5 Å². The van der Waals surface area contributed by atoms with Crippen LogP contribution in [0.1, 0.15) is 13.8 Å². The van der Waals surface area contributed by atoms with Gasteiger partial charge in [0.05, 0.1) is 12.6 Å². The highest BCUT2D eigenvalue weighted by atomic mass is 32.1. The number of rotatable bonds is 11. The molecule has 0 bridgehead atoms. The van der Waals surface area contributed by atoms with Gasteiger partial charge in [0.1, 0.15) is 12.1 Å². The zero-order valence-corrected chi connectivity index (χ0v) is 15.1. The SMILES string of the molecule is CC(C)[C@@H](NC(=O)[C@@H](CS)NC(=O)[C@@H](CS)NCC(=O)O)C(=O)O. The molecular formula is C13H23N3O6S2. The van der Waals surface area contributed by atoms with Crippen LogP contribution in [0.25, 0.3) is 0 Å². The van der Waals surface area contributed by atoms with Crippen molar-refractivity contribution in [1.29, 1.82) is 0 Å². The highest BCUT2D eigenvalue weighted by Crippen LogP contribution is 2.03. The lowest BCUT2D eigenvalue weighted by molar-refractivity contribution is -0.143. The molecule has 9 nitrogen and oxygen atoms in total. The highest BCUT2D eigenvalue weighted by molar-refractivity contribution is 7.80. The van der Waals surface area contributed by atoms with Crippen LogP contribution in [0.3, 0.4) is 0 Å². The summed E-state index contributed by atoms with van der Waals surface area (Å²) in [6, 6.07) is -3.07. The summed E-state index contributed by atoms with van der Waals surface area (Å²) in [5.41, 5.74) is 0. The summed E-state index contributed by atoms with van der Waals surface area (Å²) in [5, 5.41) is 24.9. The van der Waals surface area contributed by atoms with Crippen molar-refractivity contribution in [2.24, 2.45) is 5.92 Å². The summed E-state index contributed by atoms with van der Waals surface area (Å²) in [6.07, 6.45) is 0. The summed E-state index contributed by atoms with van der Waals surface area (Å²) < 4.78 is 0. The van der Waals surface area contributed by atoms with Gasteiger partial charge in [-0.15, -0.1) is 0 Å². The Morgan fingerprint density at radius 2 is 1.42 bits per heavy atom. The number of carboxylic acids is 2. The average Bonchev–Trinajstić information content (AvgIpc) is 2.49. The number of aliphatic carboxylic acids is 2. The zero-order valence-electron chi connectivity index (χ0n) is 13.4. The third-order valence-corrected chi connectivity index (χ3v) is 3.78. The number of amides is 2. The van der Waals surface area contributed by atoms with Crippen LogP contribution in [0.2, 0.25) is 0 Å². The molecule has 0 heterocycles. The fourth-order valence-electron chi connectivity index (χ4n) is 1.68. The van der Waals surface area contributed by atoms with Gasteiger partial charge < -0.3 is 20.8 Å². The van der Waals surface area contributed by atoms with Gasteiger partial charge in [-0.3, -0.25) is 19.7 Å². The molecule has 0 aromatic carbocycles. The summed E-state index contributed by atoms with van der Waals surface area (Å²) >= 11 is 7.94. The van der Waals surface area contributed by atoms with Gasteiger partial charge in [-0.1, -0.05) is 13.8 Å². The lowest BCUT2D eigenvalue weighted by atomic mass is 10.0. The van der Waals surface area contributed by atoms with Crippen LogP contribution in [0, 0.1) is 5.92 Å². The Balaban J connectivity index is 4.82. The molecule has 0 radical (unpaired) electrons. The van der Waals surface area contributed by atoms with Gasteiger partial charge in [0.15, 0.2) is 0 Å². The van der Waals surface area contributed by atoms with Crippen LogP contribution in [-0.4, -0.2) is 70.1 Å². The molecule has 0 saturated heterocycles. The molecule has 0 aliphatic heterocycles. The second-order valence-corrected chi connectivity index (χ2v) is 6.05. The van der Waals surface area contributed by atoms with Gasteiger partial charge in [-0.05, 0) is 5.92 Å². The third-order valence-electron chi connectivity index (χ3n) is 3.04. The number of thiol groups is 2. The fourth-order valence-corrected chi connectivity index (χ4v) is 2.24. The predicted octanol–water partition coefficient (Wildman–Crippen LogP) is -1.40. The minimum absolute atomic E-state index is 0.0176. The van der Waals surface area contributed by atoms with Gasteiger partial charge >= 0.3 is 11.9 Å². The highest BCUT2D eigenvalue weighted by Gasteiger charge is 2.29. The first-order valence-corrected chi connectivity index (χ1v) is 8.40. The lowest BCUT2D eigenvalue weighted by Gasteiger charge is -2.24. The van der Waals surface area contributed by atoms with Gasteiger partial charge in [-0.2, -0.15) is 25.3 Å². The van der Waals surface area contributed by atoms with E-state index in [1.54, 1.807) is 13.8 Å². The maximum atomic E-state index is 12.1. The van der Waals surface area contributed by atoms with Crippen molar-refractivity contribution in [3.63, 3.8) is 0 Å². The average molecular weight is 381 g/mol. The van der Waals surface area contributed by atoms with Crippen molar-refractivity contribution in [3.05, 3.63) is 0 Å². The van der Waals surface area contributed by atoms with Gasteiger partial charge in [0.2, 0.25) is 11.8 Å². The molecule has 24 heavy (non-hydrogen) atoms. The van der Waals surface area contributed by atoms with E-state index in [4.69, 9.17) is 10.2 Å². The number of carbonyl (C=O) groups excluding carboxylic acids is 2. The summed E-state index contributed by atoms with van der Waals surface area (Å²) in [6.45, 7) is 2.84. The van der Waals surface area contributed by atoms with E-state index in [1.807, 2.05) is 0 Å². The molecule has 0 rings (SSSR count). The second-order valence-electron chi connectivity index (χ2n) is 5.32. The van der Waals surface area contributed by atoms with E-state index >= 15 is 0 Å². The first-order chi connectivity index (χ1) is 11.1. The van der Waals surface area contributed by atoms with Crippen molar-refractivity contribution >= 4 is 49.0 Å². The van der Waals surface area contributed by atoms with E-state index < -0.39 is 48.4 Å². The minimum atomic E-state index is -1.18. The zero-order chi connectivity index (χ0) is 18.9. The fraction of sp³-hybridized carbons (Fsp3) is 0.692. The maximum absolute atomic E-state index is 12.1. The molecule has 0 aromatic rings. The molecular weight excluding hydrogens is 358 g/mol.